The molecule has 3 aliphatic rings. The van der Waals surface area contributed by atoms with Crippen molar-refractivity contribution in [3.8, 4) is 0 Å². The van der Waals surface area contributed by atoms with Gasteiger partial charge in [0.25, 0.3) is 0 Å². The molecular weight excluding hydrogens is 604 g/mol. The first-order chi connectivity index (χ1) is 21.9. The van der Waals surface area contributed by atoms with Crippen molar-refractivity contribution in [3.63, 3.8) is 0 Å². The van der Waals surface area contributed by atoms with Crippen LogP contribution in [0.15, 0.2) is 0 Å². The van der Waals surface area contributed by atoms with Gasteiger partial charge in [0.15, 0.2) is 12.1 Å². The predicted octanol–water partition coefficient (Wildman–Crippen LogP) is 2.02. The Morgan fingerprint density at radius 2 is 1.79 bits per heavy atom. The minimum absolute atomic E-state index is 0.0631. The standard InChI is InChI=1S/C35H64N4O8/c1-21-16-35(7,44-12)30(47-32-28(40)26(37(9)10)15-23(3)46-32)24(4)29(41)34(5,6)33(43)45-20-27(38(11)17-21)25-18-39(19-25)31(42)22(2)13-14-36-8/h21-28,30,32,36,40H,13-20H2,1-12H3/t21-,22-,23-,24+,26+,27+,28-,30-,32+,35-/m1/s1. The number of carbonyl (C=O) groups is 3. The lowest BCUT2D eigenvalue weighted by atomic mass is 9.74. The van der Waals surface area contributed by atoms with Crippen molar-refractivity contribution in [2.75, 3.05) is 68.1 Å². The summed E-state index contributed by atoms with van der Waals surface area (Å²) in [6, 6.07) is -0.318. The molecule has 12 nitrogen and oxygen atoms in total. The Bertz CT molecular complexity index is 1070. The third kappa shape index (κ3) is 9.12. The van der Waals surface area contributed by atoms with E-state index in [4.69, 9.17) is 18.9 Å². The summed E-state index contributed by atoms with van der Waals surface area (Å²) in [7, 11) is 9.36. The van der Waals surface area contributed by atoms with Crippen LogP contribution in [0.3, 0.4) is 0 Å². The number of nitrogens with zero attached hydrogens (tertiary/aromatic N) is 3. The number of hydrogen-bond acceptors (Lipinski definition) is 11. The van der Waals surface area contributed by atoms with Crippen LogP contribution in [0.5, 0.6) is 0 Å². The lowest BCUT2D eigenvalue weighted by molar-refractivity contribution is -0.295. The molecule has 3 heterocycles. The molecule has 0 bridgehead atoms. The van der Waals surface area contributed by atoms with Crippen LogP contribution in [-0.2, 0) is 33.3 Å². The van der Waals surface area contributed by atoms with E-state index in [0.717, 1.165) is 13.0 Å². The summed E-state index contributed by atoms with van der Waals surface area (Å²) in [6.45, 7) is 15.7. The molecule has 0 aromatic rings. The summed E-state index contributed by atoms with van der Waals surface area (Å²) >= 11 is 0. The molecule has 3 rings (SSSR count). The van der Waals surface area contributed by atoms with Crippen LogP contribution in [0.25, 0.3) is 0 Å². The number of likely N-dealkylation sites (tertiary alicyclic amines) is 1. The number of Topliss-reactive ketones (excluding diaryl/α,β-unsaturated/α-hetero) is 1. The zero-order valence-corrected chi connectivity index (χ0v) is 31.1. The highest BCUT2D eigenvalue weighted by atomic mass is 16.7. The highest BCUT2D eigenvalue weighted by Gasteiger charge is 2.52. The molecule has 1 amide bonds. The normalized spacial score (nSPS) is 37.4. The first-order valence-electron chi connectivity index (χ1n) is 17.4. The molecule has 10 atom stereocenters. The van der Waals surface area contributed by atoms with E-state index in [1.807, 2.05) is 58.8 Å². The topological polar surface area (TPSA) is 130 Å². The Kier molecular flexibility index (Phi) is 13.8. The van der Waals surface area contributed by atoms with Crippen molar-refractivity contribution in [2.45, 2.75) is 110 Å². The Morgan fingerprint density at radius 1 is 1.15 bits per heavy atom. The highest BCUT2D eigenvalue weighted by molar-refractivity contribution is 6.04. The van der Waals surface area contributed by atoms with Crippen LogP contribution in [0.2, 0.25) is 0 Å². The van der Waals surface area contributed by atoms with Crippen LogP contribution in [0.1, 0.15) is 67.7 Å². The molecule has 272 valence electrons. The summed E-state index contributed by atoms with van der Waals surface area (Å²) in [5.74, 6) is -1.40. The van der Waals surface area contributed by atoms with Gasteiger partial charge in [-0.25, -0.2) is 0 Å². The fourth-order valence-corrected chi connectivity index (χ4v) is 7.79. The van der Waals surface area contributed by atoms with E-state index in [2.05, 4.69) is 17.1 Å². The number of esters is 1. The summed E-state index contributed by atoms with van der Waals surface area (Å²) < 4.78 is 24.9. The monoisotopic (exact) mass is 668 g/mol. The van der Waals surface area contributed by atoms with Crippen LogP contribution in [0, 0.1) is 29.1 Å². The average Bonchev–Trinajstić information content (AvgIpc) is 2.98. The van der Waals surface area contributed by atoms with E-state index < -0.39 is 41.4 Å². The third-order valence-corrected chi connectivity index (χ3v) is 10.9. The van der Waals surface area contributed by atoms with Crippen LogP contribution in [-0.4, -0.2) is 148 Å². The Hall–Kier alpha value is -1.67. The maximum Gasteiger partial charge on any atom is 0.319 e. The third-order valence-electron chi connectivity index (χ3n) is 10.9. The highest BCUT2D eigenvalue weighted by Crippen LogP contribution is 2.38. The lowest BCUT2D eigenvalue weighted by Crippen LogP contribution is -2.60. The Labute approximate surface area is 283 Å². The number of aliphatic hydroxyl groups excluding tert-OH is 1. The van der Waals surface area contributed by atoms with Crippen molar-refractivity contribution >= 4 is 17.7 Å². The number of cyclic esters (lactones) is 1. The molecule has 3 aliphatic heterocycles. The van der Waals surface area contributed by atoms with Gasteiger partial charge in [-0.05, 0) is 87.6 Å². The van der Waals surface area contributed by atoms with Gasteiger partial charge in [0, 0.05) is 56.6 Å². The number of amides is 1. The van der Waals surface area contributed by atoms with Gasteiger partial charge in [-0.3, -0.25) is 19.3 Å². The van der Waals surface area contributed by atoms with Gasteiger partial charge in [-0.1, -0.05) is 20.8 Å². The summed E-state index contributed by atoms with van der Waals surface area (Å²) in [5, 5.41) is 14.4. The molecule has 0 aromatic carbocycles. The van der Waals surface area contributed by atoms with Gasteiger partial charge in [-0.2, -0.15) is 0 Å². The van der Waals surface area contributed by atoms with E-state index in [9.17, 15) is 19.5 Å². The molecule has 0 unspecified atom stereocenters. The molecule has 0 aromatic heterocycles. The zero-order valence-electron chi connectivity index (χ0n) is 31.1. The molecule has 12 heteroatoms. The molecule has 2 N–H and O–H groups in total. The quantitative estimate of drug-likeness (QED) is 0.277. The number of aliphatic hydroxyl groups is 1. The number of nitrogens with one attached hydrogen (secondary N) is 1. The number of ketones is 1. The van der Waals surface area contributed by atoms with E-state index in [0.29, 0.717) is 32.5 Å². The number of carbonyl (C=O) groups excluding carboxylic acids is 3. The van der Waals surface area contributed by atoms with E-state index in [-0.39, 0.29) is 54.2 Å². The molecule has 0 spiro atoms. The fraction of sp³-hybridized carbons (Fsp3) is 0.914. The lowest BCUT2D eigenvalue weighted by Gasteiger charge is -2.48. The number of ether oxygens (including phenoxy) is 4. The number of methoxy groups -OCH3 is 1. The van der Waals surface area contributed by atoms with Crippen molar-refractivity contribution < 1.29 is 38.4 Å². The molecule has 0 radical (unpaired) electrons. The Balaban J connectivity index is 1.90. The van der Waals surface area contributed by atoms with Gasteiger partial charge >= 0.3 is 5.97 Å². The van der Waals surface area contributed by atoms with E-state index in [1.54, 1.807) is 27.9 Å². The number of likely N-dealkylation sites (N-methyl/N-ethyl adjacent to an activating group) is 2. The second kappa shape index (κ2) is 16.4. The second-order valence-corrected chi connectivity index (χ2v) is 15.6. The minimum atomic E-state index is -1.46. The van der Waals surface area contributed by atoms with Gasteiger partial charge in [-0.15, -0.1) is 0 Å². The van der Waals surface area contributed by atoms with Gasteiger partial charge < -0.3 is 39.2 Å². The first kappa shape index (κ1) is 39.8. The smallest absolute Gasteiger partial charge is 0.319 e. The van der Waals surface area contributed by atoms with Crippen molar-refractivity contribution in [3.05, 3.63) is 0 Å². The van der Waals surface area contributed by atoms with Crippen molar-refractivity contribution in [2.24, 2.45) is 29.1 Å². The largest absolute Gasteiger partial charge is 0.463 e. The maximum atomic E-state index is 14.2. The number of hydrogen-bond donors (Lipinski definition) is 2. The Morgan fingerprint density at radius 3 is 2.36 bits per heavy atom. The second-order valence-electron chi connectivity index (χ2n) is 15.6. The van der Waals surface area contributed by atoms with Gasteiger partial charge in [0.05, 0.1) is 17.8 Å². The first-order valence-corrected chi connectivity index (χ1v) is 17.4. The SMILES string of the molecule is CNCC[C@@H](C)C(=O)N1CC([C@@H]2COC(=O)C(C)(C)C(=O)[C@H](C)[C@@H](O[C@@H]3O[C@H](C)C[C@H](N(C)C)[C@H]3O)[C@](C)(OC)C[C@@H](C)CN2C)C1. The summed E-state index contributed by atoms with van der Waals surface area (Å²) in [4.78, 5) is 47.0. The maximum absolute atomic E-state index is 14.2. The summed E-state index contributed by atoms with van der Waals surface area (Å²) in [6.07, 6.45) is -0.973. The molecule has 47 heavy (non-hydrogen) atoms. The van der Waals surface area contributed by atoms with Crippen LogP contribution >= 0.6 is 0 Å². The van der Waals surface area contributed by atoms with Crippen molar-refractivity contribution in [1.29, 1.82) is 0 Å². The number of rotatable bonds is 9. The molecular formula is C35H64N4O8. The summed E-state index contributed by atoms with van der Waals surface area (Å²) in [5.41, 5.74) is -2.42. The van der Waals surface area contributed by atoms with Gasteiger partial charge in [0.1, 0.15) is 18.1 Å². The molecule has 3 saturated heterocycles. The average molecular weight is 669 g/mol. The van der Waals surface area contributed by atoms with Crippen molar-refractivity contribution in [1.82, 2.24) is 20.0 Å². The molecule has 3 fully saturated rings. The van der Waals surface area contributed by atoms with E-state index >= 15 is 0 Å². The van der Waals surface area contributed by atoms with Crippen LogP contribution in [0.4, 0.5) is 0 Å². The fourth-order valence-electron chi connectivity index (χ4n) is 7.79. The van der Waals surface area contributed by atoms with Gasteiger partial charge in [0.2, 0.25) is 5.91 Å². The zero-order chi connectivity index (χ0) is 35.4. The molecule has 0 aliphatic carbocycles. The minimum Gasteiger partial charge on any atom is -0.463 e. The predicted molar refractivity (Wildman–Crippen MR) is 180 cm³/mol. The molecule has 0 saturated carbocycles. The van der Waals surface area contributed by atoms with E-state index in [1.165, 1.54) is 0 Å². The van der Waals surface area contributed by atoms with Crippen LogP contribution < -0.4 is 5.32 Å².